The molecular formula is C22H25N5OS. The highest BCUT2D eigenvalue weighted by molar-refractivity contribution is 8.00. The minimum absolute atomic E-state index is 0.115. The minimum Gasteiger partial charge on any atom is -0.311 e. The third kappa shape index (κ3) is 4.05. The largest absolute Gasteiger partial charge is 0.311 e. The third-order valence-electron chi connectivity index (χ3n) is 4.99. The van der Waals surface area contributed by atoms with Crippen molar-refractivity contribution < 1.29 is 4.79 Å². The number of thioether (sulfide) groups is 1. The summed E-state index contributed by atoms with van der Waals surface area (Å²) >= 11 is 1.48. The number of aromatic nitrogens is 4. The first kappa shape index (κ1) is 19.6. The smallest absolute Gasteiger partial charge is 0.240 e. The number of nitrogens with zero attached hydrogens (tertiary/aromatic N) is 5. The van der Waals surface area contributed by atoms with Gasteiger partial charge in [0.25, 0.3) is 0 Å². The first-order chi connectivity index (χ1) is 14.0. The summed E-state index contributed by atoms with van der Waals surface area (Å²) < 4.78 is 2.12. The molecule has 1 aliphatic rings. The molecule has 2 aromatic heterocycles. The van der Waals surface area contributed by atoms with Gasteiger partial charge >= 0.3 is 0 Å². The number of pyridine rings is 1. The molecule has 0 saturated heterocycles. The molecule has 0 spiro atoms. The number of carbonyl (C=O) groups is 1. The fraction of sp³-hybridized carbons (Fsp3) is 0.364. The highest BCUT2D eigenvalue weighted by Crippen LogP contribution is 2.32. The van der Waals surface area contributed by atoms with E-state index in [1.165, 1.54) is 17.3 Å². The summed E-state index contributed by atoms with van der Waals surface area (Å²) in [5.41, 5.74) is 3.25. The molecule has 0 aliphatic carbocycles. The summed E-state index contributed by atoms with van der Waals surface area (Å²) in [5, 5.41) is 9.38. The number of fused-ring (bicyclic) bond motifs is 1. The van der Waals surface area contributed by atoms with Crippen LogP contribution in [0.15, 0.2) is 53.9 Å². The summed E-state index contributed by atoms with van der Waals surface area (Å²) in [4.78, 5) is 19.2. The molecule has 3 heterocycles. The molecule has 4 rings (SSSR count). The Hall–Kier alpha value is -2.67. The third-order valence-corrected chi connectivity index (χ3v) is 6.05. The Labute approximate surface area is 175 Å². The highest BCUT2D eigenvalue weighted by Gasteiger charge is 2.29. The van der Waals surface area contributed by atoms with Crippen molar-refractivity contribution in [1.82, 2.24) is 19.7 Å². The van der Waals surface area contributed by atoms with Gasteiger partial charge in [0.05, 0.1) is 5.25 Å². The number of para-hydroxylation sites is 1. The number of benzene rings is 1. The SMILES string of the molecule is CC(C)Cn1c(SC(C)C(=O)N2CCc3ccccc32)nnc1-c1ccncc1. The average Bonchev–Trinajstić information content (AvgIpc) is 3.32. The predicted molar refractivity (Wildman–Crippen MR) is 116 cm³/mol. The molecular weight excluding hydrogens is 382 g/mol. The molecule has 0 saturated carbocycles. The van der Waals surface area contributed by atoms with Crippen LogP contribution in [0.3, 0.4) is 0 Å². The number of amides is 1. The van der Waals surface area contributed by atoms with Gasteiger partial charge < -0.3 is 9.47 Å². The molecule has 3 aromatic rings. The Bertz CT molecular complexity index is 1000. The fourth-order valence-electron chi connectivity index (χ4n) is 3.62. The lowest BCUT2D eigenvalue weighted by Crippen LogP contribution is -2.35. The molecule has 1 aromatic carbocycles. The Balaban J connectivity index is 1.57. The summed E-state index contributed by atoms with van der Waals surface area (Å²) in [6, 6.07) is 12.0. The molecule has 1 atom stereocenters. The summed E-state index contributed by atoms with van der Waals surface area (Å²) in [6.07, 6.45) is 4.43. The Morgan fingerprint density at radius 2 is 1.86 bits per heavy atom. The molecule has 1 aliphatic heterocycles. The van der Waals surface area contributed by atoms with Gasteiger partial charge in [0, 0.05) is 36.7 Å². The van der Waals surface area contributed by atoms with E-state index in [1.54, 1.807) is 12.4 Å². The van der Waals surface area contributed by atoms with E-state index in [1.807, 2.05) is 42.2 Å². The van der Waals surface area contributed by atoms with Crippen LogP contribution in [-0.4, -0.2) is 37.5 Å². The van der Waals surface area contributed by atoms with Crippen molar-refractivity contribution in [2.24, 2.45) is 5.92 Å². The zero-order valence-electron chi connectivity index (χ0n) is 16.9. The van der Waals surface area contributed by atoms with Crippen LogP contribution >= 0.6 is 11.8 Å². The normalized spacial score (nSPS) is 14.3. The molecule has 150 valence electrons. The highest BCUT2D eigenvalue weighted by atomic mass is 32.2. The van der Waals surface area contributed by atoms with Crippen molar-refractivity contribution in [1.29, 1.82) is 0 Å². The lowest BCUT2D eigenvalue weighted by atomic mass is 10.2. The van der Waals surface area contributed by atoms with E-state index < -0.39 is 0 Å². The van der Waals surface area contributed by atoms with Crippen LogP contribution < -0.4 is 4.90 Å². The molecule has 7 heteroatoms. The van der Waals surface area contributed by atoms with E-state index in [-0.39, 0.29) is 11.2 Å². The van der Waals surface area contributed by atoms with E-state index in [2.05, 4.69) is 39.7 Å². The molecule has 1 amide bonds. The van der Waals surface area contributed by atoms with Gasteiger partial charge in [-0.2, -0.15) is 0 Å². The number of hydrogen-bond donors (Lipinski definition) is 0. The molecule has 1 unspecified atom stereocenters. The second kappa shape index (κ2) is 8.37. The Kier molecular flexibility index (Phi) is 5.67. The zero-order chi connectivity index (χ0) is 20.4. The van der Waals surface area contributed by atoms with Gasteiger partial charge in [0.2, 0.25) is 5.91 Å². The first-order valence-electron chi connectivity index (χ1n) is 9.94. The number of anilines is 1. The maximum Gasteiger partial charge on any atom is 0.240 e. The lowest BCUT2D eigenvalue weighted by molar-refractivity contribution is -0.117. The van der Waals surface area contributed by atoms with E-state index in [4.69, 9.17) is 0 Å². The van der Waals surface area contributed by atoms with Crippen molar-refractivity contribution >= 4 is 23.4 Å². The monoisotopic (exact) mass is 407 g/mol. The molecule has 0 fully saturated rings. The number of carbonyl (C=O) groups excluding carboxylic acids is 1. The number of rotatable bonds is 6. The average molecular weight is 408 g/mol. The van der Waals surface area contributed by atoms with Crippen LogP contribution in [0.1, 0.15) is 26.3 Å². The van der Waals surface area contributed by atoms with Gasteiger partial charge in [-0.25, -0.2) is 0 Å². The van der Waals surface area contributed by atoms with E-state index in [0.717, 1.165) is 41.7 Å². The maximum absolute atomic E-state index is 13.2. The Morgan fingerprint density at radius 3 is 2.62 bits per heavy atom. The van der Waals surface area contributed by atoms with Gasteiger partial charge in [-0.15, -0.1) is 10.2 Å². The minimum atomic E-state index is -0.249. The molecule has 0 N–H and O–H groups in total. The fourth-order valence-corrected chi connectivity index (χ4v) is 4.54. The second-order valence-electron chi connectivity index (χ2n) is 7.68. The maximum atomic E-state index is 13.2. The van der Waals surface area contributed by atoms with Crippen molar-refractivity contribution in [3.63, 3.8) is 0 Å². The molecule has 0 bridgehead atoms. The van der Waals surface area contributed by atoms with E-state index in [9.17, 15) is 4.79 Å². The first-order valence-corrected chi connectivity index (χ1v) is 10.8. The molecule has 29 heavy (non-hydrogen) atoms. The second-order valence-corrected chi connectivity index (χ2v) is 8.98. The van der Waals surface area contributed by atoms with Crippen molar-refractivity contribution in [2.75, 3.05) is 11.4 Å². The summed E-state index contributed by atoms with van der Waals surface area (Å²) in [6.45, 7) is 7.82. The number of hydrogen-bond acceptors (Lipinski definition) is 5. The van der Waals surface area contributed by atoms with Crippen LogP contribution in [0.25, 0.3) is 11.4 Å². The van der Waals surface area contributed by atoms with E-state index >= 15 is 0 Å². The van der Waals surface area contributed by atoms with Crippen LogP contribution in [-0.2, 0) is 17.8 Å². The van der Waals surface area contributed by atoms with Gasteiger partial charge in [-0.3, -0.25) is 9.78 Å². The van der Waals surface area contributed by atoms with Crippen molar-refractivity contribution in [3.05, 3.63) is 54.4 Å². The topological polar surface area (TPSA) is 63.9 Å². The molecule has 6 nitrogen and oxygen atoms in total. The van der Waals surface area contributed by atoms with Gasteiger partial charge in [-0.1, -0.05) is 43.8 Å². The van der Waals surface area contributed by atoms with Crippen molar-refractivity contribution in [3.8, 4) is 11.4 Å². The van der Waals surface area contributed by atoms with Crippen molar-refractivity contribution in [2.45, 2.75) is 44.1 Å². The van der Waals surface area contributed by atoms with Crippen LogP contribution in [0.4, 0.5) is 5.69 Å². The van der Waals surface area contributed by atoms with Crippen LogP contribution in [0.2, 0.25) is 0 Å². The van der Waals surface area contributed by atoms with Crippen LogP contribution in [0, 0.1) is 5.92 Å². The summed E-state index contributed by atoms with van der Waals surface area (Å²) in [7, 11) is 0. The quantitative estimate of drug-likeness (QED) is 0.577. The Morgan fingerprint density at radius 1 is 1.10 bits per heavy atom. The van der Waals surface area contributed by atoms with Crippen LogP contribution in [0.5, 0.6) is 0 Å². The molecule has 0 radical (unpaired) electrons. The predicted octanol–water partition coefficient (Wildman–Crippen LogP) is 4.07. The lowest BCUT2D eigenvalue weighted by Gasteiger charge is -2.21. The zero-order valence-corrected chi connectivity index (χ0v) is 17.8. The van der Waals surface area contributed by atoms with Gasteiger partial charge in [-0.05, 0) is 43.0 Å². The van der Waals surface area contributed by atoms with Gasteiger partial charge in [0.15, 0.2) is 11.0 Å². The van der Waals surface area contributed by atoms with E-state index in [0.29, 0.717) is 5.92 Å². The van der Waals surface area contributed by atoms with Gasteiger partial charge in [0.1, 0.15) is 0 Å². The summed E-state index contributed by atoms with van der Waals surface area (Å²) in [5.74, 6) is 1.36. The standard InChI is InChI=1S/C22H25N5OS/c1-15(2)14-27-20(18-8-11-23-12-9-18)24-25-22(27)29-16(3)21(28)26-13-10-17-6-4-5-7-19(17)26/h4-9,11-12,15-16H,10,13-14H2,1-3H3.